The summed E-state index contributed by atoms with van der Waals surface area (Å²) in [4.78, 5) is 0. The summed E-state index contributed by atoms with van der Waals surface area (Å²) in [5.41, 5.74) is 2.17. The number of aliphatic hydroxyl groups excluding tert-OH is 1. The van der Waals surface area contributed by atoms with Crippen LogP contribution in [0.1, 0.15) is 31.9 Å². The first kappa shape index (κ1) is 20.5. The van der Waals surface area contributed by atoms with E-state index >= 15 is 0 Å². The van der Waals surface area contributed by atoms with Gasteiger partial charge in [0.15, 0.2) is 5.79 Å². The summed E-state index contributed by atoms with van der Waals surface area (Å²) in [6.07, 6.45) is -2.16. The third-order valence-electron chi connectivity index (χ3n) is 5.78. The zero-order chi connectivity index (χ0) is 20.4. The molecule has 4 rings (SSSR count). The van der Waals surface area contributed by atoms with Gasteiger partial charge in [-0.2, -0.15) is 0 Å². The summed E-state index contributed by atoms with van der Waals surface area (Å²) >= 11 is 0. The molecule has 1 heterocycles. The van der Waals surface area contributed by atoms with E-state index in [0.717, 1.165) is 11.1 Å². The molecule has 5 nitrogen and oxygen atoms in total. The molecule has 5 heteroatoms. The maximum Gasteiger partial charge on any atom is 0.164 e. The molecular formula is C24H30O5. The second-order valence-corrected chi connectivity index (χ2v) is 8.44. The number of benzene rings is 2. The number of fused-ring (bicyclic) bond motifs is 1. The minimum atomic E-state index is -0.765. The number of hydrogen-bond donors (Lipinski definition) is 1. The smallest absolute Gasteiger partial charge is 0.164 e. The van der Waals surface area contributed by atoms with Gasteiger partial charge >= 0.3 is 0 Å². The summed E-state index contributed by atoms with van der Waals surface area (Å²) in [7, 11) is 0. The molecule has 0 radical (unpaired) electrons. The SMILES string of the molecule is C[C@H]1[C@H](O)[C@@H]2OC(C)(C)O[C@@H]2[C@@H](OCc2ccccc2)[C@@H]1OCc1ccccc1. The molecule has 2 aliphatic rings. The molecule has 2 fully saturated rings. The second-order valence-electron chi connectivity index (χ2n) is 8.44. The molecule has 1 aliphatic heterocycles. The molecule has 1 saturated heterocycles. The summed E-state index contributed by atoms with van der Waals surface area (Å²) in [6.45, 7) is 6.64. The minimum absolute atomic E-state index is 0.154. The molecule has 156 valence electrons. The van der Waals surface area contributed by atoms with Gasteiger partial charge < -0.3 is 24.1 Å². The Morgan fingerprint density at radius 3 is 1.83 bits per heavy atom. The van der Waals surface area contributed by atoms with Crippen LogP contribution < -0.4 is 0 Å². The Morgan fingerprint density at radius 1 is 0.793 bits per heavy atom. The van der Waals surface area contributed by atoms with Gasteiger partial charge in [0.2, 0.25) is 0 Å². The van der Waals surface area contributed by atoms with Gasteiger partial charge in [0.1, 0.15) is 18.3 Å². The fourth-order valence-electron chi connectivity index (χ4n) is 4.28. The quantitative estimate of drug-likeness (QED) is 0.804. The predicted molar refractivity (Wildman–Crippen MR) is 109 cm³/mol. The summed E-state index contributed by atoms with van der Waals surface area (Å²) < 4.78 is 24.9. The molecule has 0 aromatic heterocycles. The maximum atomic E-state index is 10.9. The third kappa shape index (κ3) is 4.55. The molecule has 1 saturated carbocycles. The average Bonchev–Trinajstić information content (AvgIpc) is 3.06. The molecule has 0 amide bonds. The van der Waals surface area contributed by atoms with E-state index < -0.39 is 18.0 Å². The highest BCUT2D eigenvalue weighted by molar-refractivity contribution is 5.15. The van der Waals surface area contributed by atoms with Crippen molar-refractivity contribution in [3.63, 3.8) is 0 Å². The predicted octanol–water partition coefficient (Wildman–Crippen LogP) is 3.69. The lowest BCUT2D eigenvalue weighted by Crippen LogP contribution is -2.60. The van der Waals surface area contributed by atoms with Crippen LogP contribution in [-0.4, -0.2) is 41.4 Å². The normalized spacial score (nSPS) is 33.4. The molecule has 2 aromatic carbocycles. The lowest BCUT2D eigenvalue weighted by Gasteiger charge is -2.44. The van der Waals surface area contributed by atoms with Crippen molar-refractivity contribution in [3.05, 3.63) is 71.8 Å². The van der Waals surface area contributed by atoms with E-state index in [1.54, 1.807) is 0 Å². The van der Waals surface area contributed by atoms with E-state index in [9.17, 15) is 5.11 Å². The van der Waals surface area contributed by atoms with Crippen molar-refractivity contribution in [2.24, 2.45) is 5.92 Å². The first-order chi connectivity index (χ1) is 13.9. The second kappa shape index (κ2) is 8.54. The first-order valence-electron chi connectivity index (χ1n) is 10.3. The first-order valence-corrected chi connectivity index (χ1v) is 10.3. The van der Waals surface area contributed by atoms with Crippen molar-refractivity contribution in [1.29, 1.82) is 0 Å². The van der Waals surface area contributed by atoms with Gasteiger partial charge in [-0.25, -0.2) is 0 Å². The van der Waals surface area contributed by atoms with E-state index in [-0.39, 0.29) is 24.2 Å². The Bertz CT molecular complexity index is 778. The fourth-order valence-corrected chi connectivity index (χ4v) is 4.28. The van der Waals surface area contributed by atoms with E-state index in [4.69, 9.17) is 18.9 Å². The third-order valence-corrected chi connectivity index (χ3v) is 5.78. The van der Waals surface area contributed by atoms with Gasteiger partial charge in [-0.05, 0) is 25.0 Å². The lowest BCUT2D eigenvalue weighted by molar-refractivity contribution is -0.206. The number of aliphatic hydroxyl groups is 1. The summed E-state index contributed by atoms with van der Waals surface area (Å²) in [5, 5.41) is 10.9. The molecule has 6 atom stereocenters. The van der Waals surface area contributed by atoms with Gasteiger partial charge in [0.25, 0.3) is 0 Å². The van der Waals surface area contributed by atoms with Crippen molar-refractivity contribution in [2.45, 2.75) is 70.3 Å². The number of ether oxygens (including phenoxy) is 4. The zero-order valence-corrected chi connectivity index (χ0v) is 17.2. The fraction of sp³-hybridized carbons (Fsp3) is 0.500. The van der Waals surface area contributed by atoms with E-state index in [2.05, 4.69) is 0 Å². The van der Waals surface area contributed by atoms with Gasteiger partial charge in [-0.3, -0.25) is 0 Å². The standard InChI is InChI=1S/C24H30O5/c1-16-19(25)21-23(29-24(2,3)28-21)22(27-15-18-12-8-5-9-13-18)20(16)26-14-17-10-6-4-7-11-17/h4-13,16,19-23,25H,14-15H2,1-3H3/t16-,19-,20+,21-,22-,23-/m0/s1. The van der Waals surface area contributed by atoms with Gasteiger partial charge in [-0.15, -0.1) is 0 Å². The highest BCUT2D eigenvalue weighted by Gasteiger charge is 2.57. The summed E-state index contributed by atoms with van der Waals surface area (Å²) in [6, 6.07) is 20.1. The van der Waals surface area contributed by atoms with Crippen molar-refractivity contribution < 1.29 is 24.1 Å². The van der Waals surface area contributed by atoms with Crippen molar-refractivity contribution >= 4 is 0 Å². The maximum absolute atomic E-state index is 10.9. The molecule has 1 N–H and O–H groups in total. The van der Waals surface area contributed by atoms with Crippen LogP contribution in [0.25, 0.3) is 0 Å². The molecular weight excluding hydrogens is 368 g/mol. The molecule has 1 aliphatic carbocycles. The largest absolute Gasteiger partial charge is 0.390 e. The van der Waals surface area contributed by atoms with E-state index in [1.165, 1.54) is 0 Å². The Balaban J connectivity index is 1.55. The van der Waals surface area contributed by atoms with E-state index in [0.29, 0.717) is 13.2 Å². The van der Waals surface area contributed by atoms with Crippen LogP contribution >= 0.6 is 0 Å². The monoisotopic (exact) mass is 398 g/mol. The summed E-state index contributed by atoms with van der Waals surface area (Å²) in [5.74, 6) is -0.920. The Kier molecular flexibility index (Phi) is 6.04. The molecule has 2 aromatic rings. The number of rotatable bonds is 6. The topological polar surface area (TPSA) is 57.2 Å². The van der Waals surface area contributed by atoms with Gasteiger partial charge in [0, 0.05) is 5.92 Å². The van der Waals surface area contributed by atoms with Crippen LogP contribution in [-0.2, 0) is 32.2 Å². The van der Waals surface area contributed by atoms with Gasteiger partial charge in [0.05, 0.1) is 25.4 Å². The van der Waals surface area contributed by atoms with Crippen LogP contribution in [0, 0.1) is 5.92 Å². The highest BCUT2D eigenvalue weighted by Crippen LogP contribution is 2.42. The van der Waals surface area contributed by atoms with Crippen molar-refractivity contribution in [3.8, 4) is 0 Å². The van der Waals surface area contributed by atoms with E-state index in [1.807, 2.05) is 81.4 Å². The van der Waals surface area contributed by atoms with Crippen molar-refractivity contribution in [2.75, 3.05) is 0 Å². The highest BCUT2D eigenvalue weighted by atomic mass is 16.8. The van der Waals surface area contributed by atoms with Crippen LogP contribution in [0.5, 0.6) is 0 Å². The van der Waals surface area contributed by atoms with Crippen molar-refractivity contribution in [1.82, 2.24) is 0 Å². The molecule has 29 heavy (non-hydrogen) atoms. The zero-order valence-electron chi connectivity index (χ0n) is 17.2. The Labute approximate surface area is 172 Å². The molecule has 0 unspecified atom stereocenters. The lowest BCUT2D eigenvalue weighted by atomic mass is 9.79. The minimum Gasteiger partial charge on any atom is -0.390 e. The van der Waals surface area contributed by atoms with Crippen LogP contribution in [0.4, 0.5) is 0 Å². The van der Waals surface area contributed by atoms with Crippen LogP contribution in [0.15, 0.2) is 60.7 Å². The molecule has 0 spiro atoms. The average molecular weight is 398 g/mol. The Hall–Kier alpha value is -1.76. The van der Waals surface area contributed by atoms with Gasteiger partial charge in [-0.1, -0.05) is 67.6 Å². The van der Waals surface area contributed by atoms with Crippen LogP contribution in [0.3, 0.4) is 0 Å². The number of hydrogen-bond acceptors (Lipinski definition) is 5. The van der Waals surface area contributed by atoms with Crippen LogP contribution in [0.2, 0.25) is 0 Å². The molecule has 0 bridgehead atoms. The Morgan fingerprint density at radius 2 is 1.28 bits per heavy atom.